The average Bonchev–Trinajstić information content (AvgIpc) is 2.40. The second-order valence-corrected chi connectivity index (χ2v) is 6.38. The molecule has 1 aliphatic heterocycles. The van der Waals surface area contributed by atoms with Gasteiger partial charge < -0.3 is 10.6 Å². The Labute approximate surface area is 126 Å². The topological polar surface area (TPSA) is 130 Å². The lowest BCUT2D eigenvalue weighted by atomic mass is 10.2. The van der Waals surface area contributed by atoms with Crippen LogP contribution in [0, 0.1) is 0 Å². The summed E-state index contributed by atoms with van der Waals surface area (Å²) >= 11 is 5.91. The van der Waals surface area contributed by atoms with Crippen LogP contribution in [0.1, 0.15) is 0 Å². The monoisotopic (exact) mass is 332 g/mol. The van der Waals surface area contributed by atoms with Crippen LogP contribution in [0.25, 0.3) is 0 Å². The first-order valence-electron chi connectivity index (χ1n) is 5.90. The summed E-state index contributed by atoms with van der Waals surface area (Å²) in [7, 11) is -3.89. The van der Waals surface area contributed by atoms with Crippen molar-refractivity contribution >= 4 is 39.1 Å². The van der Waals surface area contributed by atoms with E-state index in [1.165, 1.54) is 18.2 Å². The lowest BCUT2D eigenvalue weighted by molar-refractivity contribution is -0.124. The molecule has 0 aliphatic carbocycles. The van der Waals surface area contributed by atoms with Crippen LogP contribution in [0.5, 0.6) is 0 Å². The van der Waals surface area contributed by atoms with Gasteiger partial charge in [0.15, 0.2) is 0 Å². The fraction of sp³-hybridized carbons (Fsp3) is 0.273. The molecular formula is C11H13ClN4O4S. The van der Waals surface area contributed by atoms with Gasteiger partial charge in [0, 0.05) is 6.54 Å². The van der Waals surface area contributed by atoms with Crippen molar-refractivity contribution in [3.8, 4) is 0 Å². The molecule has 0 spiro atoms. The van der Waals surface area contributed by atoms with Gasteiger partial charge in [-0.1, -0.05) is 11.6 Å². The van der Waals surface area contributed by atoms with Crippen LogP contribution in [-0.4, -0.2) is 39.4 Å². The number of anilines is 1. The van der Waals surface area contributed by atoms with Crippen LogP contribution in [0.2, 0.25) is 5.02 Å². The summed E-state index contributed by atoms with van der Waals surface area (Å²) < 4.78 is 22.6. The lowest BCUT2D eigenvalue weighted by Crippen LogP contribution is -2.56. The third-order valence-electron chi connectivity index (χ3n) is 2.85. The largest absolute Gasteiger partial charge is 0.353 e. The van der Waals surface area contributed by atoms with E-state index >= 15 is 0 Å². The number of carbonyl (C=O) groups excluding carboxylic acids is 2. The van der Waals surface area contributed by atoms with Gasteiger partial charge >= 0.3 is 0 Å². The Morgan fingerprint density at radius 1 is 1.43 bits per heavy atom. The standard InChI is InChI=1S/C11H13ClN4O4S/c12-7-2-1-6(21(13,19)20)3-8(7)16-11(18)9-4-15-10(17)5-14-9/h1-3,9,14H,4-5H2,(H,15,17)(H,16,18)(H2,13,19,20). The Bertz CT molecular complexity index is 681. The molecule has 0 radical (unpaired) electrons. The van der Waals surface area contributed by atoms with E-state index in [4.69, 9.17) is 16.7 Å². The fourth-order valence-corrected chi connectivity index (χ4v) is 2.45. The molecular weight excluding hydrogens is 320 g/mol. The highest BCUT2D eigenvalue weighted by Gasteiger charge is 2.24. The number of carbonyl (C=O) groups is 2. The van der Waals surface area contributed by atoms with Crippen molar-refractivity contribution in [1.82, 2.24) is 10.6 Å². The van der Waals surface area contributed by atoms with Gasteiger partial charge in [0.2, 0.25) is 21.8 Å². The van der Waals surface area contributed by atoms with Crippen LogP contribution in [0.4, 0.5) is 5.69 Å². The number of piperazine rings is 1. The maximum Gasteiger partial charge on any atom is 0.243 e. The number of primary sulfonamides is 1. The van der Waals surface area contributed by atoms with E-state index in [1.807, 2.05) is 0 Å². The second-order valence-electron chi connectivity index (χ2n) is 4.41. The zero-order valence-corrected chi connectivity index (χ0v) is 12.3. The van der Waals surface area contributed by atoms with Crippen LogP contribution >= 0.6 is 11.6 Å². The zero-order chi connectivity index (χ0) is 15.6. The van der Waals surface area contributed by atoms with Gasteiger partial charge in [0.25, 0.3) is 0 Å². The fourth-order valence-electron chi connectivity index (χ4n) is 1.75. The smallest absolute Gasteiger partial charge is 0.243 e. The molecule has 2 amide bonds. The van der Waals surface area contributed by atoms with Crippen molar-refractivity contribution in [2.24, 2.45) is 5.14 Å². The molecule has 1 aliphatic rings. The van der Waals surface area contributed by atoms with Crippen molar-refractivity contribution in [2.75, 3.05) is 18.4 Å². The molecule has 0 aromatic heterocycles. The maximum absolute atomic E-state index is 12.0. The molecule has 1 atom stereocenters. The summed E-state index contributed by atoms with van der Waals surface area (Å²) in [5.41, 5.74) is 0.131. The van der Waals surface area contributed by atoms with E-state index in [9.17, 15) is 18.0 Å². The highest BCUT2D eigenvalue weighted by atomic mass is 35.5. The highest BCUT2D eigenvalue weighted by Crippen LogP contribution is 2.24. The first kappa shape index (κ1) is 15.7. The first-order valence-corrected chi connectivity index (χ1v) is 7.83. The Kier molecular flexibility index (Phi) is 4.47. The van der Waals surface area contributed by atoms with Crippen molar-refractivity contribution in [3.63, 3.8) is 0 Å². The van der Waals surface area contributed by atoms with Gasteiger partial charge in [-0.2, -0.15) is 0 Å². The molecule has 1 unspecified atom stereocenters. The van der Waals surface area contributed by atoms with Crippen LogP contribution in [0.15, 0.2) is 23.1 Å². The predicted octanol–water partition coefficient (Wildman–Crippen LogP) is -0.986. The molecule has 21 heavy (non-hydrogen) atoms. The molecule has 10 heteroatoms. The molecule has 1 aromatic carbocycles. The summed E-state index contributed by atoms with van der Waals surface area (Å²) in [6.45, 7) is 0.167. The molecule has 1 fully saturated rings. The number of benzene rings is 1. The highest BCUT2D eigenvalue weighted by molar-refractivity contribution is 7.89. The minimum Gasteiger partial charge on any atom is -0.353 e. The van der Waals surface area contributed by atoms with E-state index in [-0.39, 0.29) is 34.6 Å². The van der Waals surface area contributed by atoms with Gasteiger partial charge in [-0.15, -0.1) is 0 Å². The number of halogens is 1. The van der Waals surface area contributed by atoms with Crippen molar-refractivity contribution in [3.05, 3.63) is 23.2 Å². The third-order valence-corrected chi connectivity index (χ3v) is 4.09. The Balaban J connectivity index is 2.15. The normalized spacial score (nSPS) is 19.0. The maximum atomic E-state index is 12.0. The number of rotatable bonds is 3. The van der Waals surface area contributed by atoms with Gasteiger partial charge in [0.05, 0.1) is 22.2 Å². The molecule has 8 nitrogen and oxygen atoms in total. The van der Waals surface area contributed by atoms with Crippen LogP contribution in [-0.2, 0) is 19.6 Å². The molecule has 1 aromatic rings. The Morgan fingerprint density at radius 3 is 2.71 bits per heavy atom. The minimum atomic E-state index is -3.89. The summed E-state index contributed by atoms with van der Waals surface area (Å²) in [6.07, 6.45) is 0. The van der Waals surface area contributed by atoms with Gasteiger partial charge in [0.1, 0.15) is 6.04 Å². The average molecular weight is 333 g/mol. The first-order chi connectivity index (χ1) is 9.77. The van der Waals surface area contributed by atoms with Crippen molar-refractivity contribution < 1.29 is 18.0 Å². The Hall–Kier alpha value is -1.68. The van der Waals surface area contributed by atoms with Gasteiger partial charge in [-0.25, -0.2) is 13.6 Å². The van der Waals surface area contributed by atoms with E-state index in [2.05, 4.69) is 16.0 Å². The summed E-state index contributed by atoms with van der Waals surface area (Å²) in [4.78, 5) is 22.9. The molecule has 0 saturated carbocycles. The van der Waals surface area contributed by atoms with Crippen LogP contribution in [0.3, 0.4) is 0 Å². The molecule has 1 saturated heterocycles. The van der Waals surface area contributed by atoms with Crippen LogP contribution < -0.4 is 21.1 Å². The zero-order valence-electron chi connectivity index (χ0n) is 10.7. The summed E-state index contributed by atoms with van der Waals surface area (Å²) in [5.74, 6) is -0.642. The van der Waals surface area contributed by atoms with E-state index in [0.29, 0.717) is 0 Å². The molecule has 2 rings (SSSR count). The number of sulfonamides is 1. The number of nitrogens with two attached hydrogens (primary N) is 1. The molecule has 0 bridgehead atoms. The quantitative estimate of drug-likeness (QED) is 0.565. The SMILES string of the molecule is NS(=O)(=O)c1ccc(Cl)c(NC(=O)C2CNC(=O)CN2)c1. The molecule has 5 N–H and O–H groups in total. The lowest BCUT2D eigenvalue weighted by Gasteiger charge is -2.23. The molecule has 114 valence electrons. The molecule has 1 heterocycles. The Morgan fingerprint density at radius 2 is 2.14 bits per heavy atom. The number of hydrogen-bond donors (Lipinski definition) is 4. The summed E-state index contributed by atoms with van der Waals surface area (Å²) in [5, 5.41) is 13.0. The number of amides is 2. The van der Waals surface area contributed by atoms with E-state index in [1.54, 1.807) is 0 Å². The van der Waals surface area contributed by atoms with Crippen molar-refractivity contribution in [2.45, 2.75) is 10.9 Å². The summed E-state index contributed by atoms with van der Waals surface area (Å²) in [6, 6.07) is 3.12. The minimum absolute atomic E-state index is 0.0308. The third kappa shape index (κ3) is 3.91. The van der Waals surface area contributed by atoms with Gasteiger partial charge in [-0.3, -0.25) is 14.9 Å². The predicted molar refractivity (Wildman–Crippen MR) is 76.3 cm³/mol. The number of nitrogens with one attached hydrogen (secondary N) is 3. The van der Waals surface area contributed by atoms with Gasteiger partial charge in [-0.05, 0) is 18.2 Å². The number of hydrogen-bond acceptors (Lipinski definition) is 5. The van der Waals surface area contributed by atoms with E-state index < -0.39 is 22.0 Å². The van der Waals surface area contributed by atoms with E-state index in [0.717, 1.165) is 0 Å². The van der Waals surface area contributed by atoms with Crippen molar-refractivity contribution in [1.29, 1.82) is 0 Å². The second kappa shape index (κ2) is 5.98.